The first-order chi connectivity index (χ1) is 12.1. The van der Waals surface area contributed by atoms with Crippen LogP contribution in [0.25, 0.3) is 21.3 Å². The molecule has 1 aromatic carbocycles. The molecule has 0 saturated carbocycles. The van der Waals surface area contributed by atoms with Crippen molar-refractivity contribution in [3.8, 4) is 11.1 Å². The van der Waals surface area contributed by atoms with Crippen LogP contribution in [0.5, 0.6) is 0 Å². The Morgan fingerprint density at radius 2 is 2.08 bits per heavy atom. The summed E-state index contributed by atoms with van der Waals surface area (Å²) < 4.78 is 6.41. The second kappa shape index (κ2) is 6.34. The Labute approximate surface area is 150 Å². The van der Waals surface area contributed by atoms with Crippen LogP contribution in [-0.2, 0) is 5.75 Å². The van der Waals surface area contributed by atoms with Gasteiger partial charge in [-0.15, -0.1) is 21.5 Å². The number of fused-ring (bicyclic) bond motifs is 1. The summed E-state index contributed by atoms with van der Waals surface area (Å²) in [5, 5.41) is 10.6. The molecule has 0 fully saturated rings. The molecule has 25 heavy (non-hydrogen) atoms. The normalized spacial score (nSPS) is 11.2. The standard InChI is InChI=1S/C16H13N5O2S2/c1-9-19-20-12(23-9)8-25-16-18-14-13(15(22)21(16)17)11(7-24-14)10-5-3-2-4-6-10/h2-7H,8,17H2,1H3. The SMILES string of the molecule is Cc1nnc(CSc2nc3scc(-c4ccccc4)c3c(=O)n2N)o1. The first-order valence-corrected chi connectivity index (χ1v) is 9.26. The van der Waals surface area contributed by atoms with Crippen molar-refractivity contribution in [1.82, 2.24) is 19.9 Å². The van der Waals surface area contributed by atoms with Gasteiger partial charge in [-0.25, -0.2) is 9.66 Å². The smallest absolute Gasteiger partial charge is 0.282 e. The summed E-state index contributed by atoms with van der Waals surface area (Å²) in [5.74, 6) is 7.34. The van der Waals surface area contributed by atoms with E-state index in [0.29, 0.717) is 32.9 Å². The van der Waals surface area contributed by atoms with Gasteiger partial charge in [0.05, 0.1) is 11.1 Å². The highest BCUT2D eigenvalue weighted by Gasteiger charge is 2.16. The van der Waals surface area contributed by atoms with Gasteiger partial charge in [-0.1, -0.05) is 42.1 Å². The number of thiophene rings is 1. The Morgan fingerprint density at radius 3 is 2.80 bits per heavy atom. The van der Waals surface area contributed by atoms with E-state index < -0.39 is 0 Å². The van der Waals surface area contributed by atoms with Crippen LogP contribution in [0.1, 0.15) is 11.8 Å². The van der Waals surface area contributed by atoms with E-state index in [4.69, 9.17) is 10.3 Å². The van der Waals surface area contributed by atoms with Crippen molar-refractivity contribution in [1.29, 1.82) is 0 Å². The van der Waals surface area contributed by atoms with Gasteiger partial charge in [0.25, 0.3) is 5.56 Å². The van der Waals surface area contributed by atoms with E-state index >= 15 is 0 Å². The van der Waals surface area contributed by atoms with E-state index in [1.807, 2.05) is 35.7 Å². The average molecular weight is 371 g/mol. The Kier molecular flexibility index (Phi) is 4.02. The van der Waals surface area contributed by atoms with E-state index in [2.05, 4.69) is 15.2 Å². The molecule has 0 aliphatic rings. The van der Waals surface area contributed by atoms with Crippen LogP contribution in [-0.4, -0.2) is 19.9 Å². The molecule has 0 amide bonds. The average Bonchev–Trinajstić information content (AvgIpc) is 3.24. The van der Waals surface area contributed by atoms with Crippen molar-refractivity contribution in [2.45, 2.75) is 17.8 Å². The molecule has 2 N–H and O–H groups in total. The Bertz CT molecular complexity index is 1100. The largest absolute Gasteiger partial charge is 0.425 e. The summed E-state index contributed by atoms with van der Waals surface area (Å²) in [6, 6.07) is 9.73. The quantitative estimate of drug-likeness (QED) is 0.334. The number of rotatable bonds is 4. The number of nitrogen functional groups attached to an aromatic ring is 1. The summed E-state index contributed by atoms with van der Waals surface area (Å²) in [5.41, 5.74) is 1.55. The van der Waals surface area contributed by atoms with Crippen LogP contribution < -0.4 is 11.4 Å². The molecule has 0 bridgehead atoms. The summed E-state index contributed by atoms with van der Waals surface area (Å²) in [6.07, 6.45) is 0. The fraction of sp³-hybridized carbons (Fsp3) is 0.125. The van der Waals surface area contributed by atoms with Gasteiger partial charge in [0.2, 0.25) is 11.8 Å². The molecule has 0 unspecified atom stereocenters. The molecule has 0 atom stereocenters. The van der Waals surface area contributed by atoms with E-state index in [-0.39, 0.29) is 5.56 Å². The molecule has 0 aliphatic heterocycles. The highest BCUT2D eigenvalue weighted by Crippen LogP contribution is 2.32. The van der Waals surface area contributed by atoms with Crippen LogP contribution in [0.2, 0.25) is 0 Å². The minimum atomic E-state index is -0.269. The summed E-state index contributed by atoms with van der Waals surface area (Å²) in [4.78, 5) is 18.0. The van der Waals surface area contributed by atoms with Gasteiger partial charge >= 0.3 is 0 Å². The Morgan fingerprint density at radius 1 is 1.28 bits per heavy atom. The fourth-order valence-electron chi connectivity index (χ4n) is 2.44. The van der Waals surface area contributed by atoms with Crippen molar-refractivity contribution in [2.24, 2.45) is 0 Å². The molecule has 126 valence electrons. The number of nitrogens with two attached hydrogens (primary N) is 1. The minimum Gasteiger partial charge on any atom is -0.425 e. The second-order valence-electron chi connectivity index (χ2n) is 5.27. The first-order valence-electron chi connectivity index (χ1n) is 7.40. The van der Waals surface area contributed by atoms with E-state index in [1.54, 1.807) is 6.92 Å². The summed E-state index contributed by atoms with van der Waals surface area (Å²) in [6.45, 7) is 1.72. The fourth-order valence-corrected chi connectivity index (χ4v) is 4.18. The molecule has 0 radical (unpaired) electrons. The van der Waals surface area contributed by atoms with Gasteiger partial charge in [-0.3, -0.25) is 4.79 Å². The lowest BCUT2D eigenvalue weighted by Gasteiger charge is -2.06. The lowest BCUT2D eigenvalue weighted by atomic mass is 10.1. The van der Waals surface area contributed by atoms with Gasteiger partial charge in [0.1, 0.15) is 4.83 Å². The monoisotopic (exact) mass is 371 g/mol. The number of benzene rings is 1. The van der Waals surface area contributed by atoms with Crippen molar-refractivity contribution in [2.75, 3.05) is 5.84 Å². The van der Waals surface area contributed by atoms with Crippen molar-refractivity contribution < 1.29 is 4.42 Å². The lowest BCUT2D eigenvalue weighted by molar-refractivity contribution is 0.485. The molecule has 9 heteroatoms. The minimum absolute atomic E-state index is 0.269. The second-order valence-corrected chi connectivity index (χ2v) is 7.07. The first kappa shape index (κ1) is 15.9. The van der Waals surface area contributed by atoms with E-state index in [9.17, 15) is 4.79 Å². The molecular weight excluding hydrogens is 358 g/mol. The maximum atomic E-state index is 12.8. The number of hydrogen-bond acceptors (Lipinski definition) is 8. The summed E-state index contributed by atoms with van der Waals surface area (Å²) >= 11 is 2.71. The number of nitrogens with zero attached hydrogens (tertiary/aromatic N) is 4. The zero-order chi connectivity index (χ0) is 17.4. The van der Waals surface area contributed by atoms with Crippen LogP contribution in [0.4, 0.5) is 0 Å². The topological polar surface area (TPSA) is 99.8 Å². The van der Waals surface area contributed by atoms with Crippen LogP contribution in [0.15, 0.2) is 50.1 Å². The van der Waals surface area contributed by atoms with E-state index in [1.165, 1.54) is 23.1 Å². The van der Waals surface area contributed by atoms with Gasteiger partial charge in [-0.2, -0.15) is 0 Å². The van der Waals surface area contributed by atoms with Gasteiger partial charge in [0.15, 0.2) is 5.16 Å². The highest BCUT2D eigenvalue weighted by atomic mass is 32.2. The predicted molar refractivity (Wildman–Crippen MR) is 98.1 cm³/mol. The maximum Gasteiger partial charge on any atom is 0.282 e. The Balaban J connectivity index is 1.74. The number of aromatic nitrogens is 4. The molecule has 3 heterocycles. The van der Waals surface area contributed by atoms with Gasteiger partial charge < -0.3 is 10.3 Å². The number of aryl methyl sites for hydroxylation is 1. The molecule has 0 aliphatic carbocycles. The van der Waals surface area contributed by atoms with Crippen molar-refractivity contribution in [3.05, 3.63) is 57.8 Å². The molecule has 3 aromatic heterocycles. The van der Waals surface area contributed by atoms with Crippen LogP contribution >= 0.6 is 23.1 Å². The van der Waals surface area contributed by atoms with Gasteiger partial charge in [-0.05, 0) is 5.56 Å². The zero-order valence-electron chi connectivity index (χ0n) is 13.2. The number of hydrogen-bond donors (Lipinski definition) is 1. The molecule has 0 saturated heterocycles. The molecular formula is C16H13N5O2S2. The van der Waals surface area contributed by atoms with Crippen LogP contribution in [0.3, 0.4) is 0 Å². The molecule has 7 nitrogen and oxygen atoms in total. The molecule has 4 aromatic rings. The van der Waals surface area contributed by atoms with Crippen molar-refractivity contribution in [3.63, 3.8) is 0 Å². The third-order valence-electron chi connectivity index (χ3n) is 3.58. The third-order valence-corrected chi connectivity index (χ3v) is 5.39. The Hall–Kier alpha value is -2.65. The highest BCUT2D eigenvalue weighted by molar-refractivity contribution is 7.98. The van der Waals surface area contributed by atoms with Crippen molar-refractivity contribution >= 4 is 33.3 Å². The van der Waals surface area contributed by atoms with Crippen LogP contribution in [0, 0.1) is 6.92 Å². The van der Waals surface area contributed by atoms with Gasteiger partial charge in [0, 0.05) is 17.9 Å². The zero-order valence-corrected chi connectivity index (χ0v) is 14.8. The third kappa shape index (κ3) is 2.92. The molecule has 0 spiro atoms. The maximum absolute atomic E-state index is 12.8. The number of thioether (sulfide) groups is 1. The van der Waals surface area contributed by atoms with E-state index in [0.717, 1.165) is 15.8 Å². The molecule has 4 rings (SSSR count). The predicted octanol–water partition coefficient (Wildman–Crippen LogP) is 2.82. The lowest BCUT2D eigenvalue weighted by Crippen LogP contribution is -2.29. The summed E-state index contributed by atoms with van der Waals surface area (Å²) in [7, 11) is 0.